The summed E-state index contributed by atoms with van der Waals surface area (Å²) in [7, 11) is 0. The Balaban J connectivity index is 1.53. The summed E-state index contributed by atoms with van der Waals surface area (Å²) >= 11 is 1.54. The molecule has 2 aliphatic rings. The number of aliphatic carboxylic acids is 1. The number of amides is 1. The van der Waals surface area contributed by atoms with Crippen molar-refractivity contribution in [2.45, 2.75) is 37.3 Å². The van der Waals surface area contributed by atoms with Gasteiger partial charge in [0.05, 0.1) is 5.39 Å². The van der Waals surface area contributed by atoms with Gasteiger partial charge in [-0.05, 0) is 24.3 Å². The lowest BCUT2D eigenvalue weighted by Gasteiger charge is -2.38. The van der Waals surface area contributed by atoms with E-state index < -0.39 is 11.6 Å². The van der Waals surface area contributed by atoms with Crippen LogP contribution in [0.25, 0.3) is 10.2 Å². The zero-order chi connectivity index (χ0) is 18.3. The Hall–Kier alpha value is -2.26. The van der Waals surface area contributed by atoms with Crippen LogP contribution in [0.4, 0.5) is 5.82 Å². The highest BCUT2D eigenvalue weighted by Gasteiger charge is 2.43. The molecule has 0 bridgehead atoms. The SMILES string of the molecule is O=C(C1CCCN1c1ncnc2sccc12)N1CCC(O)(C(=O)O)CC1. The van der Waals surface area contributed by atoms with Gasteiger partial charge in [-0.25, -0.2) is 14.8 Å². The molecule has 0 aliphatic carbocycles. The average molecular weight is 376 g/mol. The standard InChI is InChI=1S/C17H20N4O4S/c22-15(20-7-4-17(25,5-8-20)16(23)24)12-2-1-6-21(12)13-11-3-9-26-14(11)19-10-18-13/h3,9-10,12,25H,1-2,4-8H2,(H,23,24). The van der Waals surface area contributed by atoms with Crippen molar-refractivity contribution in [1.29, 1.82) is 0 Å². The number of aliphatic hydroxyl groups is 1. The Labute approximate surface area is 154 Å². The highest BCUT2D eigenvalue weighted by atomic mass is 32.1. The van der Waals surface area contributed by atoms with Crippen molar-refractivity contribution in [2.75, 3.05) is 24.5 Å². The van der Waals surface area contributed by atoms with Crippen LogP contribution in [0, 0.1) is 0 Å². The number of hydrogen-bond donors (Lipinski definition) is 2. The largest absolute Gasteiger partial charge is 0.479 e. The van der Waals surface area contributed by atoms with Gasteiger partial charge in [0.25, 0.3) is 0 Å². The number of nitrogens with zero attached hydrogens (tertiary/aromatic N) is 4. The highest BCUT2D eigenvalue weighted by Crippen LogP contribution is 2.33. The van der Waals surface area contributed by atoms with Gasteiger partial charge in [0.2, 0.25) is 5.91 Å². The molecule has 0 radical (unpaired) electrons. The number of hydrogen-bond acceptors (Lipinski definition) is 7. The lowest BCUT2D eigenvalue weighted by atomic mass is 9.91. The summed E-state index contributed by atoms with van der Waals surface area (Å²) in [6, 6.07) is 1.67. The molecular weight excluding hydrogens is 356 g/mol. The average Bonchev–Trinajstić information content (AvgIpc) is 3.30. The van der Waals surface area contributed by atoms with Crippen molar-refractivity contribution in [1.82, 2.24) is 14.9 Å². The van der Waals surface area contributed by atoms with E-state index in [4.69, 9.17) is 5.11 Å². The Bertz CT molecular complexity index is 846. The normalized spacial score (nSPS) is 22.7. The first-order chi connectivity index (χ1) is 12.5. The van der Waals surface area contributed by atoms with E-state index in [2.05, 4.69) is 9.97 Å². The third-order valence-corrected chi connectivity index (χ3v) is 6.17. The number of carboxylic acids is 1. The summed E-state index contributed by atoms with van der Waals surface area (Å²) in [6.45, 7) is 1.26. The van der Waals surface area contributed by atoms with E-state index in [0.717, 1.165) is 35.4 Å². The topological polar surface area (TPSA) is 107 Å². The fourth-order valence-corrected chi connectivity index (χ4v) is 4.53. The first-order valence-corrected chi connectivity index (χ1v) is 9.57. The van der Waals surface area contributed by atoms with Gasteiger partial charge in [-0.3, -0.25) is 4.79 Å². The number of aromatic nitrogens is 2. The quantitative estimate of drug-likeness (QED) is 0.826. The summed E-state index contributed by atoms with van der Waals surface area (Å²) in [5, 5.41) is 22.1. The number of carboxylic acid groups (broad SMARTS) is 1. The van der Waals surface area contributed by atoms with E-state index in [1.165, 1.54) is 6.33 Å². The molecule has 1 unspecified atom stereocenters. The molecule has 2 fully saturated rings. The predicted octanol–water partition coefficient (Wildman–Crippen LogP) is 1.10. The minimum atomic E-state index is -1.72. The predicted molar refractivity (Wildman–Crippen MR) is 96.2 cm³/mol. The second-order valence-electron chi connectivity index (χ2n) is 6.85. The molecule has 1 amide bonds. The van der Waals surface area contributed by atoms with E-state index in [1.807, 2.05) is 16.3 Å². The van der Waals surface area contributed by atoms with Crippen LogP contribution in [0.15, 0.2) is 17.8 Å². The maximum absolute atomic E-state index is 13.1. The molecule has 2 aliphatic heterocycles. The van der Waals surface area contributed by atoms with Crippen LogP contribution in [0.5, 0.6) is 0 Å². The molecular formula is C17H20N4O4S. The van der Waals surface area contributed by atoms with Gasteiger partial charge in [-0.15, -0.1) is 11.3 Å². The van der Waals surface area contributed by atoms with E-state index in [0.29, 0.717) is 0 Å². The van der Waals surface area contributed by atoms with Crippen LogP contribution in [-0.2, 0) is 9.59 Å². The zero-order valence-corrected chi connectivity index (χ0v) is 15.0. The molecule has 138 valence electrons. The van der Waals surface area contributed by atoms with Crippen LogP contribution < -0.4 is 4.90 Å². The molecule has 4 rings (SSSR count). The van der Waals surface area contributed by atoms with E-state index in [1.54, 1.807) is 16.2 Å². The van der Waals surface area contributed by atoms with E-state index in [-0.39, 0.29) is 37.9 Å². The molecule has 2 aromatic rings. The first-order valence-electron chi connectivity index (χ1n) is 8.69. The number of anilines is 1. The summed E-state index contributed by atoms with van der Waals surface area (Å²) < 4.78 is 0. The lowest BCUT2D eigenvalue weighted by Crippen LogP contribution is -2.54. The van der Waals surface area contributed by atoms with Crippen molar-refractivity contribution in [3.63, 3.8) is 0 Å². The van der Waals surface area contributed by atoms with Gasteiger partial charge >= 0.3 is 5.97 Å². The molecule has 8 nitrogen and oxygen atoms in total. The van der Waals surface area contributed by atoms with Crippen LogP contribution in [0.2, 0.25) is 0 Å². The molecule has 0 saturated carbocycles. The third-order valence-electron chi connectivity index (χ3n) is 5.35. The number of likely N-dealkylation sites (tertiary alicyclic amines) is 1. The molecule has 9 heteroatoms. The van der Waals surface area contributed by atoms with Crippen LogP contribution in [-0.4, -0.2) is 68.2 Å². The van der Waals surface area contributed by atoms with Gasteiger partial charge in [0.15, 0.2) is 5.60 Å². The Morgan fingerprint density at radius 2 is 2.00 bits per heavy atom. The molecule has 0 aromatic carbocycles. The summed E-state index contributed by atoms with van der Waals surface area (Å²) in [5.74, 6) is -0.448. The van der Waals surface area contributed by atoms with Crippen LogP contribution >= 0.6 is 11.3 Å². The molecule has 1 atom stereocenters. The number of piperidine rings is 1. The second kappa shape index (κ2) is 6.48. The summed E-state index contributed by atoms with van der Waals surface area (Å²) in [6.07, 6.45) is 3.29. The minimum absolute atomic E-state index is 0.0167. The Morgan fingerprint density at radius 3 is 2.73 bits per heavy atom. The fraction of sp³-hybridized carbons (Fsp3) is 0.529. The molecule has 0 spiro atoms. The molecule has 2 aromatic heterocycles. The van der Waals surface area contributed by atoms with E-state index >= 15 is 0 Å². The third kappa shape index (κ3) is 2.80. The van der Waals surface area contributed by atoms with Crippen LogP contribution in [0.3, 0.4) is 0 Å². The highest BCUT2D eigenvalue weighted by molar-refractivity contribution is 7.16. The van der Waals surface area contributed by atoms with Crippen molar-refractivity contribution in [3.05, 3.63) is 17.8 Å². The molecule has 2 saturated heterocycles. The lowest BCUT2D eigenvalue weighted by molar-refractivity contribution is -0.165. The Kier molecular flexibility index (Phi) is 4.28. The molecule has 2 N–H and O–H groups in total. The van der Waals surface area contributed by atoms with E-state index in [9.17, 15) is 14.7 Å². The smallest absolute Gasteiger partial charge is 0.335 e. The Morgan fingerprint density at radius 1 is 1.23 bits per heavy atom. The molecule has 4 heterocycles. The molecule has 26 heavy (non-hydrogen) atoms. The fourth-order valence-electron chi connectivity index (χ4n) is 3.80. The summed E-state index contributed by atoms with van der Waals surface area (Å²) in [4.78, 5) is 37.5. The van der Waals surface area contributed by atoms with Gasteiger partial charge in [0.1, 0.15) is 23.0 Å². The van der Waals surface area contributed by atoms with Gasteiger partial charge < -0.3 is 20.0 Å². The maximum atomic E-state index is 13.1. The number of carbonyl (C=O) groups is 2. The second-order valence-corrected chi connectivity index (χ2v) is 7.74. The van der Waals surface area contributed by atoms with Crippen molar-refractivity contribution >= 4 is 39.2 Å². The van der Waals surface area contributed by atoms with Gasteiger partial charge in [-0.2, -0.15) is 0 Å². The first kappa shape index (κ1) is 17.2. The number of rotatable bonds is 3. The van der Waals surface area contributed by atoms with Gasteiger partial charge in [-0.1, -0.05) is 0 Å². The summed E-state index contributed by atoms with van der Waals surface area (Å²) in [5.41, 5.74) is -1.72. The maximum Gasteiger partial charge on any atom is 0.335 e. The van der Waals surface area contributed by atoms with Gasteiger partial charge in [0, 0.05) is 32.5 Å². The number of fused-ring (bicyclic) bond motifs is 1. The van der Waals surface area contributed by atoms with Crippen molar-refractivity contribution in [3.8, 4) is 0 Å². The van der Waals surface area contributed by atoms with Crippen LogP contribution in [0.1, 0.15) is 25.7 Å². The minimum Gasteiger partial charge on any atom is -0.479 e. The number of carbonyl (C=O) groups excluding carboxylic acids is 1. The van der Waals surface area contributed by atoms with Crippen molar-refractivity contribution < 1.29 is 19.8 Å². The van der Waals surface area contributed by atoms with Crippen molar-refractivity contribution in [2.24, 2.45) is 0 Å². The monoisotopic (exact) mass is 376 g/mol. The number of thiophene rings is 1. The zero-order valence-electron chi connectivity index (χ0n) is 14.2.